The topological polar surface area (TPSA) is 78.4 Å². The molecule has 0 aromatic carbocycles. The molecular formula is H3F6NO3V. The zero-order valence-corrected chi connectivity index (χ0v) is 6.04. The molecule has 0 unspecified atom stereocenters. The third-order valence-electron chi connectivity index (χ3n) is 0.187. The fraction of sp³-hybridized carbons (Fsp3) is 0. The molecule has 0 saturated carbocycles. The standard InChI is InChI=1S/FO.5FH.H3N.2O.V/c1-2;;;;;;;;;/h;5*1H;1H3;;;/q-1;;;;;;;;;+6/p-5. The molecule has 4 nitrogen and oxygen atoms in total. The van der Waals surface area contributed by atoms with Crippen LogP contribution in [-0.4, -0.2) is 0 Å². The predicted molar refractivity (Wildman–Crippen MR) is 14.1 cm³/mol. The minimum atomic E-state index is -14.4. The first-order valence-electron chi connectivity index (χ1n) is 1.55. The number of halogens is 6. The van der Waals surface area contributed by atoms with Gasteiger partial charge in [0.2, 0.25) is 0 Å². The molecule has 0 spiro atoms. The van der Waals surface area contributed by atoms with E-state index in [1.165, 1.54) is 0 Å². The van der Waals surface area contributed by atoms with Gasteiger partial charge < -0.3 is 6.15 Å². The van der Waals surface area contributed by atoms with E-state index in [1.807, 2.05) is 0 Å². The zero-order chi connectivity index (χ0) is 9.06. The van der Waals surface area contributed by atoms with Crippen molar-refractivity contribution in [2.24, 2.45) is 0 Å². The van der Waals surface area contributed by atoms with E-state index in [1.54, 1.807) is 0 Å². The summed E-state index contributed by atoms with van der Waals surface area (Å²) in [4.78, 5) is 0. The van der Waals surface area contributed by atoms with E-state index in [4.69, 9.17) is 7.35 Å². The summed E-state index contributed by atoms with van der Waals surface area (Å²) < 4.78 is 80.2. The SMILES string of the molecule is N.[O]=[V](=[O])([F])([F])([F])([F])([F])[O]F. The maximum absolute atomic E-state index is 14.4. The van der Waals surface area contributed by atoms with Crippen LogP contribution in [0.1, 0.15) is 0 Å². The molecule has 0 radical (unpaired) electrons. The molecule has 11 heavy (non-hydrogen) atoms. The Morgan fingerprint density at radius 3 is 1.00 bits per heavy atom. The van der Waals surface area contributed by atoms with Crippen molar-refractivity contribution in [3.05, 3.63) is 0 Å². The maximum atomic E-state index is 10.7. The van der Waals surface area contributed by atoms with Gasteiger partial charge in [-0.3, -0.25) is 0 Å². The van der Waals surface area contributed by atoms with E-state index in [2.05, 4.69) is 0 Å². The molecule has 0 aliphatic rings. The molecule has 0 atom stereocenters. The Bertz CT molecular complexity index is 377. The van der Waals surface area contributed by atoms with Gasteiger partial charge in [0.25, 0.3) is 0 Å². The predicted octanol–water partition coefficient (Wildman–Crippen LogP) is 2.37. The summed E-state index contributed by atoms with van der Waals surface area (Å²) in [6.07, 6.45) is 0. The van der Waals surface area contributed by atoms with Crippen molar-refractivity contribution in [2.45, 2.75) is 0 Å². The van der Waals surface area contributed by atoms with Gasteiger partial charge in [-0.15, -0.1) is 0 Å². The van der Waals surface area contributed by atoms with Crippen molar-refractivity contribution < 1.29 is 44.9 Å². The molecule has 0 amide bonds. The van der Waals surface area contributed by atoms with Crippen LogP contribution < -0.4 is 6.15 Å². The molecule has 0 saturated heterocycles. The number of hydrogen-bond donors (Lipinski definition) is 1. The quantitative estimate of drug-likeness (QED) is 0.701. The molecule has 0 fully saturated rings. The van der Waals surface area contributed by atoms with Crippen LogP contribution in [0, 0.1) is 0 Å². The van der Waals surface area contributed by atoms with Crippen LogP contribution in [0.3, 0.4) is 0 Å². The van der Waals surface area contributed by atoms with Gasteiger partial charge in [-0.2, -0.15) is 0 Å². The first-order valence-corrected chi connectivity index (χ1v) is 5.90. The normalized spacial score (nSPS) is 26.4. The number of rotatable bonds is 1. The summed E-state index contributed by atoms with van der Waals surface area (Å²) in [7, 11) is 0. The summed E-state index contributed by atoms with van der Waals surface area (Å²) in [5, 5.41) is 0. The van der Waals surface area contributed by atoms with Crippen molar-refractivity contribution in [3.8, 4) is 0 Å². The Morgan fingerprint density at radius 1 is 0.909 bits per heavy atom. The van der Waals surface area contributed by atoms with Crippen LogP contribution in [-0.2, 0) is 23.4 Å². The van der Waals surface area contributed by atoms with Gasteiger partial charge in [0.05, 0.1) is 0 Å². The first-order chi connectivity index (χ1) is 3.43. The van der Waals surface area contributed by atoms with E-state index < -0.39 is 12.2 Å². The molecule has 0 aliphatic carbocycles. The van der Waals surface area contributed by atoms with Gasteiger partial charge in [0, 0.05) is 0 Å². The van der Waals surface area contributed by atoms with Crippen molar-refractivity contribution in [1.82, 2.24) is 6.15 Å². The summed E-state index contributed by atoms with van der Waals surface area (Å²) in [6, 6.07) is 0. The fourth-order valence-electron chi connectivity index (χ4n) is 0. The molecule has 11 heteroatoms. The van der Waals surface area contributed by atoms with E-state index >= 15 is 0 Å². The average Bonchev–Trinajstić information content (AvgIpc) is 1.25. The molecule has 0 aromatic rings. The summed E-state index contributed by atoms with van der Waals surface area (Å²) >= 11 is -14.4. The molecule has 3 N–H and O–H groups in total. The van der Waals surface area contributed by atoms with Gasteiger partial charge in [-0.1, -0.05) is 0 Å². The second kappa shape index (κ2) is 0.888. The van der Waals surface area contributed by atoms with Crippen molar-refractivity contribution in [1.29, 1.82) is 0 Å². The van der Waals surface area contributed by atoms with Crippen LogP contribution in [0.5, 0.6) is 0 Å². The van der Waals surface area contributed by atoms with Crippen LogP contribution in [0.15, 0.2) is 0 Å². The Hall–Kier alpha value is -0.316. The van der Waals surface area contributed by atoms with E-state index in [-0.39, 0.29) is 10.0 Å². The van der Waals surface area contributed by atoms with Crippen LogP contribution >= 0.6 is 0 Å². The van der Waals surface area contributed by atoms with E-state index in [0.717, 1.165) is 0 Å². The second-order valence-electron chi connectivity index (χ2n) is 1.97. The van der Waals surface area contributed by atoms with Crippen LogP contribution in [0.2, 0.25) is 0 Å². The van der Waals surface area contributed by atoms with Crippen molar-refractivity contribution in [2.75, 3.05) is 0 Å². The van der Waals surface area contributed by atoms with Gasteiger partial charge >= 0.3 is 44.9 Å². The first kappa shape index (κ1) is 13.3. The molecule has 0 bridgehead atoms. The van der Waals surface area contributed by atoms with Gasteiger partial charge in [-0.05, 0) is 0 Å². The van der Waals surface area contributed by atoms with Gasteiger partial charge in [0.15, 0.2) is 0 Å². The molecule has 0 aliphatic heterocycles. The Labute approximate surface area is 52.0 Å². The number of hydrogen-bond acceptors (Lipinski definition) is 4. The molecule has 0 rings (SSSR count). The van der Waals surface area contributed by atoms with Gasteiger partial charge in [-0.25, -0.2) is 0 Å². The Morgan fingerprint density at radius 2 is 1.00 bits per heavy atom. The molecule has 0 heterocycles. The van der Waals surface area contributed by atoms with Crippen molar-refractivity contribution in [3.63, 3.8) is 0 Å². The second-order valence-corrected chi connectivity index (χ2v) is 8.11. The third-order valence-corrected chi connectivity index (χ3v) is 0.770. The van der Waals surface area contributed by atoms with Crippen LogP contribution in [0.25, 0.3) is 0 Å². The monoisotopic (exact) mass is 230 g/mol. The summed E-state index contributed by atoms with van der Waals surface area (Å²) in [5.74, 6) is 0. The van der Waals surface area contributed by atoms with E-state index in [9.17, 15) is 21.6 Å². The zero-order valence-electron chi connectivity index (χ0n) is 4.65. The minimum absolute atomic E-state index is 0. The van der Waals surface area contributed by atoms with Crippen LogP contribution in [0.4, 0.5) is 21.6 Å². The average molecular weight is 230 g/mol. The third kappa shape index (κ3) is 12.8. The Balaban J connectivity index is 0. The molecule has 0 aromatic heterocycles. The van der Waals surface area contributed by atoms with E-state index in [0.29, 0.717) is 0 Å². The molecule has 73 valence electrons. The molecular weight excluding hydrogens is 227 g/mol. The Kier molecular flexibility index (Phi) is 1.07. The fourth-order valence-corrected chi connectivity index (χ4v) is 0. The summed E-state index contributed by atoms with van der Waals surface area (Å²) in [6.45, 7) is 0. The van der Waals surface area contributed by atoms with Gasteiger partial charge in [0.1, 0.15) is 0 Å². The van der Waals surface area contributed by atoms with Crippen molar-refractivity contribution >= 4 is 0 Å². The summed E-state index contributed by atoms with van der Waals surface area (Å²) in [5.41, 5.74) is 0.